The van der Waals surface area contributed by atoms with Crippen LogP contribution < -0.4 is 0 Å². The van der Waals surface area contributed by atoms with Gasteiger partial charge in [0.15, 0.2) is 0 Å². The predicted octanol–water partition coefficient (Wildman–Crippen LogP) is 5.83. The average Bonchev–Trinajstić information content (AvgIpc) is 2.39. The molecule has 1 radical (unpaired) electrons. The Morgan fingerprint density at radius 1 is 1.20 bits per heavy atom. The minimum atomic E-state index is -0.170. The maximum atomic E-state index is 12.8. The van der Waals surface area contributed by atoms with Gasteiger partial charge in [-0.2, -0.15) is 11.8 Å². The van der Waals surface area contributed by atoms with Crippen LogP contribution in [0.5, 0.6) is 0 Å². The lowest BCUT2D eigenvalue weighted by molar-refractivity contribution is 0.627. The molecule has 0 aliphatic heterocycles. The van der Waals surface area contributed by atoms with Crippen molar-refractivity contribution in [2.24, 2.45) is 0 Å². The van der Waals surface area contributed by atoms with E-state index in [1.807, 2.05) is 23.9 Å². The van der Waals surface area contributed by atoms with E-state index in [4.69, 9.17) is 0 Å². The van der Waals surface area contributed by atoms with Crippen molar-refractivity contribution in [1.29, 1.82) is 0 Å². The summed E-state index contributed by atoms with van der Waals surface area (Å²) in [5, 5.41) is 0. The maximum absolute atomic E-state index is 12.8. The Morgan fingerprint density at radius 2 is 1.85 bits per heavy atom. The minimum Gasteiger partial charge on any atom is -0.207 e. The fourth-order valence-electron chi connectivity index (χ4n) is 2.27. The molecule has 0 nitrogen and oxygen atoms in total. The van der Waals surface area contributed by atoms with Crippen LogP contribution in [-0.4, -0.2) is 10.5 Å². The molecule has 20 heavy (non-hydrogen) atoms. The maximum Gasteiger partial charge on any atom is 0.123 e. The van der Waals surface area contributed by atoms with Gasteiger partial charge in [0, 0.05) is 4.75 Å². The lowest BCUT2D eigenvalue weighted by Crippen LogP contribution is -2.18. The summed E-state index contributed by atoms with van der Waals surface area (Å²) < 4.78 is 13.1. The molecule has 111 valence electrons. The normalized spacial score (nSPS) is 12.5. The van der Waals surface area contributed by atoms with Crippen LogP contribution in [0.25, 0.3) is 0 Å². The molecule has 0 N–H and O–H groups in total. The molecule has 0 saturated heterocycles. The third-order valence-corrected chi connectivity index (χ3v) is 4.48. The van der Waals surface area contributed by atoms with E-state index in [2.05, 4.69) is 39.8 Å². The summed E-state index contributed by atoms with van der Waals surface area (Å²) in [6.45, 7) is 9.04. The second-order valence-electron chi connectivity index (χ2n) is 5.61. The van der Waals surface area contributed by atoms with Gasteiger partial charge < -0.3 is 0 Å². The van der Waals surface area contributed by atoms with Gasteiger partial charge in [0.25, 0.3) is 0 Å². The number of benzene rings is 1. The molecule has 0 aliphatic rings. The highest BCUT2D eigenvalue weighted by atomic mass is 32.2. The Balaban J connectivity index is 2.51. The van der Waals surface area contributed by atoms with Gasteiger partial charge in [-0.3, -0.25) is 0 Å². The summed E-state index contributed by atoms with van der Waals surface area (Å²) >= 11 is 2.01. The summed E-state index contributed by atoms with van der Waals surface area (Å²) in [4.78, 5) is 0. The van der Waals surface area contributed by atoms with Crippen LogP contribution in [-0.2, 0) is 6.42 Å². The summed E-state index contributed by atoms with van der Waals surface area (Å²) in [6.07, 6.45) is 7.53. The van der Waals surface area contributed by atoms with Crippen molar-refractivity contribution in [1.82, 2.24) is 0 Å². The Morgan fingerprint density at radius 3 is 2.40 bits per heavy atom. The number of hydrogen-bond acceptors (Lipinski definition) is 1. The van der Waals surface area contributed by atoms with Crippen LogP contribution in [0.3, 0.4) is 0 Å². The van der Waals surface area contributed by atoms with Crippen molar-refractivity contribution in [2.45, 2.75) is 51.7 Å². The van der Waals surface area contributed by atoms with Crippen molar-refractivity contribution >= 4 is 11.8 Å². The van der Waals surface area contributed by atoms with Gasteiger partial charge in [0.05, 0.1) is 0 Å². The zero-order chi connectivity index (χ0) is 15.0. The largest absolute Gasteiger partial charge is 0.207 e. The van der Waals surface area contributed by atoms with E-state index in [1.54, 1.807) is 0 Å². The van der Waals surface area contributed by atoms with Gasteiger partial charge in [0.1, 0.15) is 5.82 Å². The molecule has 0 aromatic heterocycles. The molecule has 0 bridgehead atoms. The molecule has 0 atom stereocenters. The molecule has 0 heterocycles. The smallest absolute Gasteiger partial charge is 0.123 e. The van der Waals surface area contributed by atoms with E-state index in [-0.39, 0.29) is 5.82 Å². The number of hydrogen-bond donors (Lipinski definition) is 0. The van der Waals surface area contributed by atoms with Crippen molar-refractivity contribution in [2.75, 3.05) is 5.75 Å². The monoisotopic (exact) mass is 293 g/mol. The van der Waals surface area contributed by atoms with Gasteiger partial charge in [-0.05, 0) is 48.6 Å². The second-order valence-corrected chi connectivity index (χ2v) is 7.59. The van der Waals surface area contributed by atoms with Gasteiger partial charge in [-0.1, -0.05) is 52.0 Å². The summed E-state index contributed by atoms with van der Waals surface area (Å²) in [5.74, 6) is 2.47. The summed E-state index contributed by atoms with van der Waals surface area (Å²) in [6, 6.07) is 6.74. The number of halogens is 1. The first-order valence-electron chi connectivity index (χ1n) is 7.36. The molecule has 2 heteroatoms. The first-order valence-corrected chi connectivity index (χ1v) is 8.35. The Labute approximate surface area is 127 Å². The third-order valence-electron chi connectivity index (χ3n) is 3.26. The first-order chi connectivity index (χ1) is 9.46. The molecule has 0 saturated carbocycles. The van der Waals surface area contributed by atoms with E-state index in [1.165, 1.54) is 18.1 Å². The fourth-order valence-corrected chi connectivity index (χ4v) is 3.34. The van der Waals surface area contributed by atoms with E-state index >= 15 is 0 Å². The molecule has 0 fully saturated rings. The number of rotatable bonds is 8. The average molecular weight is 293 g/mol. The molecule has 0 aliphatic carbocycles. The standard InChI is InChI=1S/C18H26FS/c1-5-15(14-18(3,4)20-6-2)8-7-9-16-10-12-17(19)13-11-16/h7-8,10-13H,5-6,9,14H2,1-4H3. The van der Waals surface area contributed by atoms with E-state index < -0.39 is 0 Å². The molecule has 1 rings (SSSR count). The van der Waals surface area contributed by atoms with Gasteiger partial charge in [0.2, 0.25) is 0 Å². The zero-order valence-corrected chi connectivity index (χ0v) is 13.9. The van der Waals surface area contributed by atoms with E-state index in [0.717, 1.165) is 30.6 Å². The fraction of sp³-hybridized carbons (Fsp3) is 0.500. The third kappa shape index (κ3) is 6.60. The topological polar surface area (TPSA) is 0 Å². The van der Waals surface area contributed by atoms with Crippen molar-refractivity contribution in [3.05, 3.63) is 53.7 Å². The van der Waals surface area contributed by atoms with Crippen molar-refractivity contribution in [3.8, 4) is 0 Å². The summed E-state index contributed by atoms with van der Waals surface area (Å²) in [5.41, 5.74) is 1.15. The van der Waals surface area contributed by atoms with Gasteiger partial charge in [-0.15, -0.1) is 0 Å². The number of allylic oxidation sites excluding steroid dienone is 2. The molecule has 1 aromatic carbocycles. The molecular formula is C18H26FS. The minimum absolute atomic E-state index is 0.170. The molecule has 0 unspecified atom stereocenters. The van der Waals surface area contributed by atoms with E-state index in [0.29, 0.717) is 4.75 Å². The molecular weight excluding hydrogens is 267 g/mol. The van der Waals surface area contributed by atoms with Crippen LogP contribution >= 0.6 is 11.8 Å². The lowest BCUT2D eigenvalue weighted by atomic mass is 9.93. The van der Waals surface area contributed by atoms with Gasteiger partial charge in [-0.25, -0.2) is 4.39 Å². The molecule has 1 aromatic rings. The Bertz CT molecular complexity index is 406. The Kier molecular flexibility index (Phi) is 7.36. The highest BCUT2D eigenvalue weighted by Gasteiger charge is 2.21. The van der Waals surface area contributed by atoms with Crippen LogP contribution in [0.2, 0.25) is 0 Å². The van der Waals surface area contributed by atoms with Crippen molar-refractivity contribution < 1.29 is 4.39 Å². The van der Waals surface area contributed by atoms with Crippen LogP contribution in [0.4, 0.5) is 4.39 Å². The van der Waals surface area contributed by atoms with Gasteiger partial charge >= 0.3 is 0 Å². The quantitative estimate of drug-likeness (QED) is 0.581. The Hall–Kier alpha value is -0.760. The van der Waals surface area contributed by atoms with E-state index in [9.17, 15) is 4.39 Å². The first kappa shape index (κ1) is 17.3. The highest BCUT2D eigenvalue weighted by molar-refractivity contribution is 8.00. The molecule has 0 amide bonds. The summed E-state index contributed by atoms with van der Waals surface area (Å²) in [7, 11) is 0. The van der Waals surface area contributed by atoms with Crippen LogP contribution in [0.1, 0.15) is 46.1 Å². The second kappa shape index (κ2) is 8.51. The van der Waals surface area contributed by atoms with Crippen LogP contribution in [0.15, 0.2) is 36.4 Å². The molecule has 0 spiro atoms. The SMILES string of the molecule is CCSC(C)(C)C[C](C=CCc1ccc(F)cc1)CC. The highest BCUT2D eigenvalue weighted by Crippen LogP contribution is 2.33. The predicted molar refractivity (Wildman–Crippen MR) is 89.6 cm³/mol. The van der Waals surface area contributed by atoms with Crippen molar-refractivity contribution in [3.63, 3.8) is 0 Å². The lowest BCUT2D eigenvalue weighted by Gasteiger charge is -2.26. The van der Waals surface area contributed by atoms with Crippen LogP contribution in [0, 0.1) is 11.7 Å². The zero-order valence-electron chi connectivity index (χ0n) is 13.1. The number of thioether (sulfide) groups is 1.